The summed E-state index contributed by atoms with van der Waals surface area (Å²) in [4.78, 5) is 27.9. The molecule has 0 fully saturated rings. The number of para-hydroxylation sites is 1. The molecule has 1 atom stereocenters. The molecule has 1 aliphatic heterocycles. The minimum atomic E-state index is -1.34. The third kappa shape index (κ3) is 2.47. The summed E-state index contributed by atoms with van der Waals surface area (Å²) in [7, 11) is 0. The van der Waals surface area contributed by atoms with Crippen LogP contribution in [-0.2, 0) is 9.59 Å². The van der Waals surface area contributed by atoms with Crippen molar-refractivity contribution in [3.05, 3.63) is 43.7 Å². The lowest BCUT2D eigenvalue weighted by atomic mass is 10.0. The first-order valence-electron chi connectivity index (χ1n) is 7.21. The number of benzene rings is 1. The van der Waals surface area contributed by atoms with Crippen LogP contribution in [-0.4, -0.2) is 21.6 Å². The van der Waals surface area contributed by atoms with Gasteiger partial charge in [0.25, 0.3) is 5.91 Å². The molecule has 0 saturated carbocycles. The average molecular weight is 361 g/mol. The molecule has 1 N–H and O–H groups in total. The van der Waals surface area contributed by atoms with Crippen molar-refractivity contribution in [3.63, 3.8) is 0 Å². The molecule has 2 heterocycles. The topological polar surface area (TPSA) is 94.7 Å². The second kappa shape index (κ2) is 5.95. The minimum Gasteiger partial charge on any atom is -0.548 e. The Morgan fingerprint density at radius 3 is 2.67 bits per heavy atom. The third-order valence-corrected chi connectivity index (χ3v) is 5.21. The normalized spacial score (nSPS) is 14.6. The van der Waals surface area contributed by atoms with Gasteiger partial charge < -0.3 is 15.0 Å². The summed E-state index contributed by atoms with van der Waals surface area (Å²) in [6.07, 6.45) is 0. The first-order chi connectivity index (χ1) is 11.3. The summed E-state index contributed by atoms with van der Waals surface area (Å²) in [6, 6.07) is 5.83. The van der Waals surface area contributed by atoms with E-state index in [-0.39, 0.29) is 26.2 Å². The number of carboxylic acids is 1. The number of aromatic hydroxyl groups is 1. The summed E-state index contributed by atoms with van der Waals surface area (Å²) in [5.41, 5.74) is 0.235. The van der Waals surface area contributed by atoms with Crippen LogP contribution in [0.1, 0.15) is 24.8 Å². The number of carbonyl (C=O) groups is 2. The first kappa shape index (κ1) is 16.5. The van der Waals surface area contributed by atoms with Gasteiger partial charge in [0.15, 0.2) is 3.95 Å². The van der Waals surface area contributed by atoms with Crippen LogP contribution in [0.15, 0.2) is 29.3 Å². The molecule has 24 heavy (non-hydrogen) atoms. The van der Waals surface area contributed by atoms with Gasteiger partial charge in [0.05, 0.1) is 22.9 Å². The Bertz CT molecular complexity index is 1030. The van der Waals surface area contributed by atoms with E-state index in [4.69, 9.17) is 12.2 Å². The molecule has 8 heteroatoms. The Labute approximate surface area is 146 Å². The number of amides is 1. The minimum absolute atomic E-state index is 0.162. The molecule has 0 radical (unpaired) electrons. The maximum atomic E-state index is 12.3. The Hall–Kier alpha value is -2.32. The van der Waals surface area contributed by atoms with Crippen molar-refractivity contribution < 1.29 is 19.8 Å². The summed E-state index contributed by atoms with van der Waals surface area (Å²) in [5, 5.41) is 23.2. The molecule has 1 aromatic heterocycles. The van der Waals surface area contributed by atoms with Crippen molar-refractivity contribution in [2.45, 2.75) is 19.9 Å². The number of hydrogen-bond donors (Lipinski definition) is 1. The smallest absolute Gasteiger partial charge is 0.279 e. The van der Waals surface area contributed by atoms with Gasteiger partial charge in [0.2, 0.25) is 5.88 Å². The Balaban J connectivity index is 2.30. The quantitative estimate of drug-likeness (QED) is 0.790. The number of carboxylic acid groups (broad SMARTS) is 1. The van der Waals surface area contributed by atoms with Crippen LogP contribution in [0.5, 0.6) is 5.88 Å². The highest BCUT2D eigenvalue weighted by Gasteiger charge is 2.29. The molecule has 0 aliphatic carbocycles. The molecule has 3 rings (SSSR count). The van der Waals surface area contributed by atoms with E-state index >= 15 is 0 Å². The lowest BCUT2D eigenvalue weighted by molar-refractivity contribution is -0.311. The highest BCUT2D eigenvalue weighted by molar-refractivity contribution is 7.73. The van der Waals surface area contributed by atoms with Crippen LogP contribution in [0.4, 0.5) is 0 Å². The molecule has 0 saturated heterocycles. The van der Waals surface area contributed by atoms with Gasteiger partial charge in [-0.2, -0.15) is 0 Å². The van der Waals surface area contributed by atoms with Gasteiger partial charge in [-0.3, -0.25) is 9.36 Å². The van der Waals surface area contributed by atoms with Crippen LogP contribution < -0.4 is 15.7 Å². The zero-order valence-electron chi connectivity index (χ0n) is 12.8. The molecule has 124 valence electrons. The molecule has 1 unspecified atom stereocenters. The van der Waals surface area contributed by atoms with Gasteiger partial charge in [-0.25, -0.2) is 4.99 Å². The number of fused-ring (bicyclic) bond motifs is 1. The van der Waals surface area contributed by atoms with Crippen molar-refractivity contribution in [3.8, 4) is 5.88 Å². The Morgan fingerprint density at radius 1 is 1.38 bits per heavy atom. The second-order valence-electron chi connectivity index (χ2n) is 5.71. The standard InChI is InChI=1S/C16H14N2O4S2/c1-7(2)11(15(21)22)18-14(20)12(24-16(18)23)10-8-5-3-4-6-9(8)17-13(10)19/h3-7,11,20H,1-2H3,(H,21,22)/p-1. The van der Waals surface area contributed by atoms with E-state index in [9.17, 15) is 19.8 Å². The van der Waals surface area contributed by atoms with Crippen LogP contribution >= 0.6 is 23.6 Å². The van der Waals surface area contributed by atoms with E-state index in [1.54, 1.807) is 38.1 Å². The highest BCUT2D eigenvalue weighted by Crippen LogP contribution is 2.36. The molecular weight excluding hydrogens is 348 g/mol. The number of thiazole rings is 1. The van der Waals surface area contributed by atoms with Crippen molar-refractivity contribution in [2.75, 3.05) is 0 Å². The second-order valence-corrected chi connectivity index (χ2v) is 7.35. The van der Waals surface area contributed by atoms with E-state index in [0.717, 1.165) is 15.9 Å². The zero-order valence-corrected chi connectivity index (χ0v) is 14.5. The fourth-order valence-electron chi connectivity index (χ4n) is 2.74. The van der Waals surface area contributed by atoms with Crippen LogP contribution in [0, 0.1) is 9.87 Å². The maximum absolute atomic E-state index is 12.3. The number of carbonyl (C=O) groups excluding carboxylic acids is 2. The molecule has 2 aromatic rings. The molecule has 0 spiro atoms. The number of hydrogen-bond acceptors (Lipinski definition) is 6. The van der Waals surface area contributed by atoms with Gasteiger partial charge in [-0.1, -0.05) is 32.0 Å². The predicted molar refractivity (Wildman–Crippen MR) is 88.4 cm³/mol. The van der Waals surface area contributed by atoms with Crippen molar-refractivity contribution in [2.24, 2.45) is 10.9 Å². The Kier molecular flexibility index (Phi) is 4.10. The van der Waals surface area contributed by atoms with Crippen LogP contribution in [0.25, 0.3) is 5.57 Å². The molecule has 1 aromatic carbocycles. The molecule has 1 aliphatic rings. The van der Waals surface area contributed by atoms with Gasteiger partial charge >= 0.3 is 0 Å². The largest absolute Gasteiger partial charge is 0.548 e. The monoisotopic (exact) mass is 361 g/mol. The maximum Gasteiger partial charge on any atom is 0.279 e. The van der Waals surface area contributed by atoms with Crippen molar-refractivity contribution >= 4 is 41.0 Å². The SMILES string of the molecule is CC(C)C(C(=O)[O-])n1c(O)c(C2=c3ccccc3=NC2=O)sc1=S. The highest BCUT2D eigenvalue weighted by atomic mass is 32.1. The van der Waals surface area contributed by atoms with Crippen molar-refractivity contribution in [1.82, 2.24) is 4.57 Å². The fourth-order valence-corrected chi connectivity index (χ4v) is 4.16. The lowest BCUT2D eigenvalue weighted by Crippen LogP contribution is -2.36. The third-order valence-electron chi connectivity index (χ3n) is 3.80. The summed E-state index contributed by atoms with van der Waals surface area (Å²) < 4.78 is 1.30. The molecular formula is C16H13N2O4S2-. The average Bonchev–Trinajstić information content (AvgIpc) is 2.97. The fraction of sp³-hybridized carbons (Fsp3) is 0.250. The lowest BCUT2D eigenvalue weighted by Gasteiger charge is -2.24. The summed E-state index contributed by atoms with van der Waals surface area (Å²) in [6.45, 7) is 3.38. The predicted octanol–water partition coefficient (Wildman–Crippen LogP) is 0.290. The van der Waals surface area contributed by atoms with Gasteiger partial charge in [-0.15, -0.1) is 11.3 Å². The van der Waals surface area contributed by atoms with Gasteiger partial charge in [0, 0.05) is 5.22 Å². The van der Waals surface area contributed by atoms with E-state index < -0.39 is 17.9 Å². The number of aromatic nitrogens is 1. The molecule has 1 amide bonds. The first-order valence-corrected chi connectivity index (χ1v) is 8.43. The summed E-state index contributed by atoms with van der Waals surface area (Å²) >= 11 is 6.21. The van der Waals surface area contributed by atoms with E-state index in [1.807, 2.05) is 0 Å². The van der Waals surface area contributed by atoms with Gasteiger partial charge in [-0.05, 0) is 24.2 Å². The van der Waals surface area contributed by atoms with E-state index in [2.05, 4.69) is 4.99 Å². The number of nitrogens with zero attached hydrogens (tertiary/aromatic N) is 2. The summed E-state index contributed by atoms with van der Waals surface area (Å²) in [5.74, 6) is -2.52. The van der Waals surface area contributed by atoms with Gasteiger partial charge in [0.1, 0.15) is 4.88 Å². The number of rotatable bonds is 4. The van der Waals surface area contributed by atoms with Crippen molar-refractivity contribution in [1.29, 1.82) is 0 Å². The van der Waals surface area contributed by atoms with Crippen LogP contribution in [0.3, 0.4) is 0 Å². The Morgan fingerprint density at radius 2 is 2.04 bits per heavy atom. The molecule has 6 nitrogen and oxygen atoms in total. The van der Waals surface area contributed by atoms with E-state index in [1.165, 1.54) is 0 Å². The zero-order chi connectivity index (χ0) is 17.6. The van der Waals surface area contributed by atoms with Crippen LogP contribution in [0.2, 0.25) is 0 Å². The molecule has 0 bridgehead atoms. The number of aliphatic carboxylic acids is 1. The van der Waals surface area contributed by atoms with E-state index in [0.29, 0.717) is 10.6 Å².